The van der Waals surface area contributed by atoms with Crippen LogP contribution in [-0.2, 0) is 0 Å². The highest BCUT2D eigenvalue weighted by molar-refractivity contribution is 4.78. The molecule has 1 heterocycles. The van der Waals surface area contributed by atoms with E-state index in [9.17, 15) is 13.2 Å². The van der Waals surface area contributed by atoms with E-state index in [-0.39, 0.29) is 6.54 Å². The van der Waals surface area contributed by atoms with Crippen molar-refractivity contribution in [1.82, 2.24) is 10.2 Å². The number of hydrogen-bond donors (Lipinski definition) is 1. The Bertz CT molecular complexity index is 262. The summed E-state index contributed by atoms with van der Waals surface area (Å²) in [7, 11) is 0. The third-order valence-electron chi connectivity index (χ3n) is 4.48. The molecule has 112 valence electrons. The minimum Gasteiger partial charge on any atom is -0.315 e. The van der Waals surface area contributed by atoms with Crippen molar-refractivity contribution in [2.24, 2.45) is 11.8 Å². The molecule has 0 aromatic rings. The van der Waals surface area contributed by atoms with E-state index in [1.165, 1.54) is 25.7 Å². The Morgan fingerprint density at radius 3 is 2.47 bits per heavy atom. The maximum atomic E-state index is 12.7. The molecule has 0 aromatic carbocycles. The standard InChI is InChI=1S/C14H25F3N2/c15-14(16,17)13-6-3-8-19(11-13)9-7-18-10-12-4-1-2-5-12/h12-13,18H,1-11H2. The third kappa shape index (κ3) is 4.95. The molecule has 1 unspecified atom stereocenters. The van der Waals surface area contributed by atoms with Crippen LogP contribution in [0.3, 0.4) is 0 Å². The van der Waals surface area contributed by atoms with Crippen molar-refractivity contribution in [2.75, 3.05) is 32.7 Å². The van der Waals surface area contributed by atoms with Gasteiger partial charge in [0, 0.05) is 19.6 Å². The lowest BCUT2D eigenvalue weighted by Crippen LogP contribution is -2.44. The lowest BCUT2D eigenvalue weighted by molar-refractivity contribution is -0.186. The van der Waals surface area contributed by atoms with Crippen LogP contribution in [-0.4, -0.2) is 43.8 Å². The Hall–Kier alpha value is -0.290. The molecule has 1 N–H and O–H groups in total. The minimum absolute atomic E-state index is 0.189. The maximum absolute atomic E-state index is 12.7. The zero-order chi connectivity index (χ0) is 13.7. The predicted octanol–water partition coefficient (Wildman–Crippen LogP) is 3.04. The number of hydrogen-bond acceptors (Lipinski definition) is 2. The number of nitrogens with zero attached hydrogens (tertiary/aromatic N) is 1. The van der Waals surface area contributed by atoms with E-state index in [1.807, 2.05) is 4.90 Å². The maximum Gasteiger partial charge on any atom is 0.393 e. The zero-order valence-corrected chi connectivity index (χ0v) is 11.5. The quantitative estimate of drug-likeness (QED) is 0.778. The Morgan fingerprint density at radius 1 is 1.05 bits per heavy atom. The van der Waals surface area contributed by atoms with Crippen LogP contribution >= 0.6 is 0 Å². The van der Waals surface area contributed by atoms with Crippen molar-refractivity contribution in [3.8, 4) is 0 Å². The molecule has 0 bridgehead atoms. The van der Waals surface area contributed by atoms with E-state index in [4.69, 9.17) is 0 Å². The summed E-state index contributed by atoms with van der Waals surface area (Å²) < 4.78 is 38.0. The fourth-order valence-corrected chi connectivity index (χ4v) is 3.28. The number of nitrogens with one attached hydrogen (secondary N) is 1. The summed E-state index contributed by atoms with van der Waals surface area (Å²) in [5.74, 6) is -0.319. The van der Waals surface area contributed by atoms with Gasteiger partial charge in [-0.3, -0.25) is 0 Å². The first-order chi connectivity index (χ1) is 9.05. The Balaban J connectivity index is 1.60. The van der Waals surface area contributed by atoms with Gasteiger partial charge in [-0.25, -0.2) is 0 Å². The first kappa shape index (κ1) is 15.1. The van der Waals surface area contributed by atoms with E-state index in [0.717, 1.165) is 32.1 Å². The van der Waals surface area contributed by atoms with E-state index in [1.54, 1.807) is 0 Å². The molecule has 0 spiro atoms. The number of halogens is 3. The molecule has 0 aromatic heterocycles. The monoisotopic (exact) mass is 278 g/mol. The van der Waals surface area contributed by atoms with E-state index < -0.39 is 12.1 Å². The van der Waals surface area contributed by atoms with Gasteiger partial charge in [0.1, 0.15) is 0 Å². The van der Waals surface area contributed by atoms with E-state index in [0.29, 0.717) is 12.8 Å². The van der Waals surface area contributed by atoms with Crippen molar-refractivity contribution in [2.45, 2.75) is 44.7 Å². The van der Waals surface area contributed by atoms with Crippen LogP contribution in [0.4, 0.5) is 13.2 Å². The summed E-state index contributed by atoms with van der Waals surface area (Å²) in [6.45, 7) is 3.61. The first-order valence-corrected chi connectivity index (χ1v) is 7.55. The third-order valence-corrected chi connectivity index (χ3v) is 4.48. The van der Waals surface area contributed by atoms with Crippen LogP contribution in [0.15, 0.2) is 0 Å². The molecule has 1 aliphatic carbocycles. The summed E-state index contributed by atoms with van der Waals surface area (Å²) in [6, 6.07) is 0. The average Bonchev–Trinajstić information content (AvgIpc) is 2.87. The van der Waals surface area contributed by atoms with Crippen molar-refractivity contribution in [3.63, 3.8) is 0 Å². The smallest absolute Gasteiger partial charge is 0.315 e. The number of rotatable bonds is 5. The fourth-order valence-electron chi connectivity index (χ4n) is 3.28. The second kappa shape index (κ2) is 6.93. The molecule has 2 aliphatic rings. The van der Waals surface area contributed by atoms with Crippen LogP contribution in [0.2, 0.25) is 0 Å². The largest absolute Gasteiger partial charge is 0.393 e. The van der Waals surface area contributed by atoms with E-state index >= 15 is 0 Å². The number of piperidine rings is 1. The molecule has 1 aliphatic heterocycles. The molecule has 2 fully saturated rings. The van der Waals surface area contributed by atoms with Crippen molar-refractivity contribution < 1.29 is 13.2 Å². The van der Waals surface area contributed by atoms with Crippen LogP contribution in [0.25, 0.3) is 0 Å². The summed E-state index contributed by atoms with van der Waals surface area (Å²) in [5, 5.41) is 3.41. The summed E-state index contributed by atoms with van der Waals surface area (Å²) in [5.41, 5.74) is 0. The van der Waals surface area contributed by atoms with Gasteiger partial charge in [0.05, 0.1) is 5.92 Å². The molecule has 2 rings (SSSR count). The Kier molecular flexibility index (Phi) is 5.51. The van der Waals surface area contributed by atoms with Crippen LogP contribution in [0, 0.1) is 11.8 Å². The number of alkyl halides is 3. The van der Waals surface area contributed by atoms with Gasteiger partial charge < -0.3 is 10.2 Å². The second-order valence-electron chi connectivity index (χ2n) is 6.04. The van der Waals surface area contributed by atoms with Gasteiger partial charge in [-0.15, -0.1) is 0 Å². The van der Waals surface area contributed by atoms with Crippen LogP contribution in [0.5, 0.6) is 0 Å². The normalized spacial score (nSPS) is 27.0. The van der Waals surface area contributed by atoms with Crippen molar-refractivity contribution in [3.05, 3.63) is 0 Å². The predicted molar refractivity (Wildman–Crippen MR) is 70.0 cm³/mol. The first-order valence-electron chi connectivity index (χ1n) is 7.55. The van der Waals surface area contributed by atoms with Gasteiger partial charge in [-0.1, -0.05) is 12.8 Å². The molecule has 0 radical (unpaired) electrons. The second-order valence-corrected chi connectivity index (χ2v) is 6.04. The average molecular weight is 278 g/mol. The van der Waals surface area contributed by atoms with Crippen molar-refractivity contribution in [1.29, 1.82) is 0 Å². The molecular weight excluding hydrogens is 253 g/mol. The zero-order valence-electron chi connectivity index (χ0n) is 11.5. The highest BCUT2D eigenvalue weighted by Gasteiger charge is 2.41. The molecule has 19 heavy (non-hydrogen) atoms. The lowest BCUT2D eigenvalue weighted by Gasteiger charge is -2.33. The van der Waals surface area contributed by atoms with Crippen LogP contribution in [0.1, 0.15) is 38.5 Å². The fraction of sp³-hybridized carbons (Fsp3) is 1.00. The van der Waals surface area contributed by atoms with Gasteiger partial charge in [0.2, 0.25) is 0 Å². The molecule has 1 saturated heterocycles. The van der Waals surface area contributed by atoms with Gasteiger partial charge >= 0.3 is 6.18 Å². The minimum atomic E-state index is -4.02. The highest BCUT2D eigenvalue weighted by atomic mass is 19.4. The Labute approximate surface area is 113 Å². The SMILES string of the molecule is FC(F)(F)C1CCCN(CCNCC2CCCC2)C1. The van der Waals surface area contributed by atoms with Crippen LogP contribution < -0.4 is 5.32 Å². The Morgan fingerprint density at radius 2 is 1.79 bits per heavy atom. The molecule has 1 atom stereocenters. The molecule has 1 saturated carbocycles. The van der Waals surface area contributed by atoms with Gasteiger partial charge in [0.25, 0.3) is 0 Å². The van der Waals surface area contributed by atoms with Gasteiger partial charge in [0.15, 0.2) is 0 Å². The highest BCUT2D eigenvalue weighted by Crippen LogP contribution is 2.32. The summed E-state index contributed by atoms with van der Waals surface area (Å²) >= 11 is 0. The molecule has 0 amide bonds. The van der Waals surface area contributed by atoms with Gasteiger partial charge in [-0.2, -0.15) is 13.2 Å². The molecule has 5 heteroatoms. The van der Waals surface area contributed by atoms with E-state index in [2.05, 4.69) is 5.32 Å². The van der Waals surface area contributed by atoms with Gasteiger partial charge in [-0.05, 0) is 44.7 Å². The summed E-state index contributed by atoms with van der Waals surface area (Å²) in [6.07, 6.45) is 2.26. The summed E-state index contributed by atoms with van der Waals surface area (Å²) in [4.78, 5) is 1.96. The van der Waals surface area contributed by atoms with Crippen molar-refractivity contribution >= 4 is 0 Å². The molecular formula is C14H25F3N2. The lowest BCUT2D eigenvalue weighted by atomic mass is 9.97. The number of likely N-dealkylation sites (tertiary alicyclic amines) is 1. The topological polar surface area (TPSA) is 15.3 Å². The molecule has 2 nitrogen and oxygen atoms in total.